The van der Waals surface area contributed by atoms with E-state index in [-0.39, 0.29) is 12.5 Å². The van der Waals surface area contributed by atoms with Crippen molar-refractivity contribution in [1.29, 1.82) is 0 Å². The molecule has 0 fully saturated rings. The first kappa shape index (κ1) is 14.8. The Bertz CT molecular complexity index is 398. The number of carbonyl (C=O) groups excluding carboxylic acids is 1. The Labute approximate surface area is 112 Å². The molecule has 0 aliphatic carbocycles. The standard InChI is InChI=1S/C13H18ClNO3/c1-3-15(8-9-16)13(17)10(2)18-12-7-5-4-6-11(12)14/h4-7,10,16H,3,8-9H2,1-2H3/t10-/m0/s1. The van der Waals surface area contributed by atoms with Crippen LogP contribution in [0.3, 0.4) is 0 Å². The number of aliphatic hydroxyl groups is 1. The van der Waals surface area contributed by atoms with E-state index >= 15 is 0 Å². The van der Waals surface area contributed by atoms with Crippen LogP contribution in [-0.2, 0) is 4.79 Å². The molecule has 0 aliphatic rings. The molecule has 0 bridgehead atoms. The lowest BCUT2D eigenvalue weighted by atomic mass is 10.3. The molecule has 1 aromatic rings. The van der Waals surface area contributed by atoms with E-state index in [1.807, 2.05) is 6.92 Å². The van der Waals surface area contributed by atoms with Crippen LogP contribution in [-0.4, -0.2) is 41.7 Å². The van der Waals surface area contributed by atoms with Crippen molar-refractivity contribution in [3.63, 3.8) is 0 Å². The Kier molecular flexibility index (Phi) is 5.95. The molecule has 0 radical (unpaired) electrons. The third-order valence-electron chi connectivity index (χ3n) is 2.55. The summed E-state index contributed by atoms with van der Waals surface area (Å²) in [6.07, 6.45) is -0.628. The fraction of sp³-hybridized carbons (Fsp3) is 0.462. The maximum atomic E-state index is 12.0. The number of benzene rings is 1. The second-order valence-corrected chi connectivity index (χ2v) is 4.24. The predicted octanol–water partition coefficient (Wildman–Crippen LogP) is 1.95. The normalized spacial score (nSPS) is 12.0. The molecular weight excluding hydrogens is 254 g/mol. The summed E-state index contributed by atoms with van der Waals surface area (Å²) in [6, 6.07) is 7.02. The predicted molar refractivity (Wildman–Crippen MR) is 70.9 cm³/mol. The largest absolute Gasteiger partial charge is 0.479 e. The van der Waals surface area contributed by atoms with Crippen LogP contribution in [0.5, 0.6) is 5.75 Å². The van der Waals surface area contributed by atoms with Crippen LogP contribution in [0.2, 0.25) is 5.02 Å². The Morgan fingerprint density at radius 2 is 2.17 bits per heavy atom. The number of likely N-dealkylation sites (N-methyl/N-ethyl adjacent to an activating group) is 1. The Morgan fingerprint density at radius 1 is 1.50 bits per heavy atom. The van der Waals surface area contributed by atoms with Gasteiger partial charge in [-0.15, -0.1) is 0 Å². The topological polar surface area (TPSA) is 49.8 Å². The number of para-hydroxylation sites is 1. The van der Waals surface area contributed by atoms with E-state index in [9.17, 15) is 4.79 Å². The molecule has 18 heavy (non-hydrogen) atoms. The van der Waals surface area contributed by atoms with Crippen LogP contribution in [0.15, 0.2) is 24.3 Å². The van der Waals surface area contributed by atoms with Gasteiger partial charge in [0.25, 0.3) is 5.91 Å². The van der Waals surface area contributed by atoms with Crippen molar-refractivity contribution in [2.24, 2.45) is 0 Å². The SMILES string of the molecule is CCN(CCO)C(=O)[C@H](C)Oc1ccccc1Cl. The molecule has 0 aliphatic heterocycles. The molecule has 4 nitrogen and oxygen atoms in total. The van der Waals surface area contributed by atoms with Crippen molar-refractivity contribution >= 4 is 17.5 Å². The summed E-state index contributed by atoms with van der Waals surface area (Å²) >= 11 is 5.96. The van der Waals surface area contributed by atoms with E-state index in [4.69, 9.17) is 21.4 Å². The fourth-order valence-corrected chi connectivity index (χ4v) is 1.76. The third-order valence-corrected chi connectivity index (χ3v) is 2.86. The molecule has 1 aromatic carbocycles. The molecule has 0 spiro atoms. The van der Waals surface area contributed by atoms with Gasteiger partial charge in [0.2, 0.25) is 0 Å². The average Bonchev–Trinajstić information content (AvgIpc) is 2.37. The number of aliphatic hydroxyl groups excluding tert-OH is 1. The maximum Gasteiger partial charge on any atom is 0.263 e. The van der Waals surface area contributed by atoms with Crippen molar-refractivity contribution in [3.8, 4) is 5.75 Å². The minimum Gasteiger partial charge on any atom is -0.479 e. The molecule has 0 aromatic heterocycles. The second kappa shape index (κ2) is 7.24. The zero-order chi connectivity index (χ0) is 13.5. The molecule has 5 heteroatoms. The Balaban J connectivity index is 2.67. The highest BCUT2D eigenvalue weighted by Crippen LogP contribution is 2.24. The van der Waals surface area contributed by atoms with E-state index in [1.165, 1.54) is 0 Å². The summed E-state index contributed by atoms with van der Waals surface area (Å²) in [4.78, 5) is 13.6. The van der Waals surface area contributed by atoms with Gasteiger partial charge in [0.15, 0.2) is 6.10 Å². The summed E-state index contributed by atoms with van der Waals surface area (Å²) in [5.41, 5.74) is 0. The van der Waals surface area contributed by atoms with Gasteiger partial charge in [-0.3, -0.25) is 4.79 Å². The number of hydrogen-bond acceptors (Lipinski definition) is 3. The summed E-state index contributed by atoms with van der Waals surface area (Å²) in [5, 5.41) is 9.35. The van der Waals surface area contributed by atoms with Crippen molar-refractivity contribution in [3.05, 3.63) is 29.3 Å². The van der Waals surface area contributed by atoms with E-state index < -0.39 is 6.10 Å². The number of amides is 1. The van der Waals surface area contributed by atoms with Crippen LogP contribution < -0.4 is 4.74 Å². The van der Waals surface area contributed by atoms with Gasteiger partial charge in [0.05, 0.1) is 11.6 Å². The van der Waals surface area contributed by atoms with Gasteiger partial charge in [-0.25, -0.2) is 0 Å². The average molecular weight is 272 g/mol. The molecule has 1 rings (SSSR count). The van der Waals surface area contributed by atoms with Crippen LogP contribution in [0, 0.1) is 0 Å². The number of rotatable bonds is 6. The van der Waals surface area contributed by atoms with Crippen molar-refractivity contribution in [2.75, 3.05) is 19.7 Å². The van der Waals surface area contributed by atoms with Crippen molar-refractivity contribution < 1.29 is 14.6 Å². The highest BCUT2D eigenvalue weighted by molar-refractivity contribution is 6.32. The lowest BCUT2D eigenvalue weighted by molar-refractivity contribution is -0.138. The first-order valence-electron chi connectivity index (χ1n) is 5.91. The van der Waals surface area contributed by atoms with Crippen LogP contribution in [0.25, 0.3) is 0 Å². The first-order valence-corrected chi connectivity index (χ1v) is 6.28. The number of halogens is 1. The maximum absolute atomic E-state index is 12.0. The lowest BCUT2D eigenvalue weighted by Crippen LogP contribution is -2.41. The van der Waals surface area contributed by atoms with Gasteiger partial charge in [0.1, 0.15) is 5.75 Å². The van der Waals surface area contributed by atoms with Crippen molar-refractivity contribution in [2.45, 2.75) is 20.0 Å². The molecule has 0 unspecified atom stereocenters. The summed E-state index contributed by atoms with van der Waals surface area (Å²) in [7, 11) is 0. The zero-order valence-electron chi connectivity index (χ0n) is 10.6. The van der Waals surface area contributed by atoms with Gasteiger partial charge < -0.3 is 14.7 Å². The molecule has 1 atom stereocenters. The minimum atomic E-state index is -0.628. The number of hydrogen-bond donors (Lipinski definition) is 1. The summed E-state index contributed by atoms with van der Waals surface area (Å²) in [6.45, 7) is 4.32. The van der Waals surface area contributed by atoms with Crippen molar-refractivity contribution in [1.82, 2.24) is 4.90 Å². The summed E-state index contributed by atoms with van der Waals surface area (Å²) in [5.74, 6) is 0.325. The van der Waals surface area contributed by atoms with E-state index in [2.05, 4.69) is 0 Å². The number of ether oxygens (including phenoxy) is 1. The molecule has 1 N–H and O–H groups in total. The number of carbonyl (C=O) groups is 1. The third kappa shape index (κ3) is 3.89. The van der Waals surface area contributed by atoms with Crippen LogP contribution >= 0.6 is 11.6 Å². The molecule has 0 saturated heterocycles. The minimum absolute atomic E-state index is 0.0571. The van der Waals surface area contributed by atoms with Gasteiger partial charge in [-0.1, -0.05) is 23.7 Å². The highest BCUT2D eigenvalue weighted by atomic mass is 35.5. The Morgan fingerprint density at radius 3 is 2.72 bits per heavy atom. The quantitative estimate of drug-likeness (QED) is 0.860. The fourth-order valence-electron chi connectivity index (χ4n) is 1.58. The second-order valence-electron chi connectivity index (χ2n) is 3.83. The van der Waals surface area contributed by atoms with E-state index in [1.54, 1.807) is 36.1 Å². The van der Waals surface area contributed by atoms with Crippen LogP contribution in [0.4, 0.5) is 0 Å². The van der Waals surface area contributed by atoms with E-state index in [0.717, 1.165) is 0 Å². The molecule has 1 amide bonds. The first-order chi connectivity index (χ1) is 8.60. The summed E-state index contributed by atoms with van der Waals surface area (Å²) < 4.78 is 5.53. The molecule has 0 saturated carbocycles. The van der Waals surface area contributed by atoms with Crippen LogP contribution in [0.1, 0.15) is 13.8 Å². The number of nitrogens with zero attached hydrogens (tertiary/aromatic N) is 1. The Hall–Kier alpha value is -1.26. The molecule has 100 valence electrons. The smallest absolute Gasteiger partial charge is 0.263 e. The molecule has 0 heterocycles. The highest BCUT2D eigenvalue weighted by Gasteiger charge is 2.21. The van der Waals surface area contributed by atoms with E-state index in [0.29, 0.717) is 23.9 Å². The van der Waals surface area contributed by atoms with Gasteiger partial charge in [0, 0.05) is 13.1 Å². The monoisotopic (exact) mass is 271 g/mol. The van der Waals surface area contributed by atoms with Gasteiger partial charge >= 0.3 is 0 Å². The van der Waals surface area contributed by atoms with Gasteiger partial charge in [-0.05, 0) is 26.0 Å². The molecular formula is C13H18ClNO3. The lowest BCUT2D eigenvalue weighted by Gasteiger charge is -2.24. The van der Waals surface area contributed by atoms with Gasteiger partial charge in [-0.2, -0.15) is 0 Å². The zero-order valence-corrected chi connectivity index (χ0v) is 11.4.